The topological polar surface area (TPSA) is 17.1 Å². The zero-order valence-electron chi connectivity index (χ0n) is 9.47. The third kappa shape index (κ3) is 2.14. The van der Waals surface area contributed by atoms with E-state index >= 15 is 0 Å². The molecule has 0 aromatic heterocycles. The van der Waals surface area contributed by atoms with Crippen molar-refractivity contribution in [1.82, 2.24) is 0 Å². The quantitative estimate of drug-likeness (QED) is 0.621. The molecule has 1 atom stereocenters. The van der Waals surface area contributed by atoms with E-state index in [0.717, 1.165) is 32.0 Å². The summed E-state index contributed by atoms with van der Waals surface area (Å²) in [6.45, 7) is 6.40. The van der Waals surface area contributed by atoms with Gasteiger partial charge >= 0.3 is 0 Å². The molecule has 0 amide bonds. The highest BCUT2D eigenvalue weighted by molar-refractivity contribution is 5.65. The van der Waals surface area contributed by atoms with Crippen molar-refractivity contribution in [3.8, 4) is 0 Å². The molecule has 0 fully saturated rings. The van der Waals surface area contributed by atoms with Gasteiger partial charge < -0.3 is 4.79 Å². The molecule has 14 heavy (non-hydrogen) atoms. The number of carbonyl (C=O) groups is 1. The molecule has 0 heterocycles. The van der Waals surface area contributed by atoms with Crippen LogP contribution in [0.5, 0.6) is 0 Å². The predicted molar refractivity (Wildman–Crippen MR) is 60.2 cm³/mol. The van der Waals surface area contributed by atoms with E-state index in [2.05, 4.69) is 32.9 Å². The van der Waals surface area contributed by atoms with E-state index in [1.807, 2.05) is 0 Å². The third-order valence-electron chi connectivity index (χ3n) is 3.17. The molecule has 0 aromatic rings. The van der Waals surface area contributed by atoms with E-state index in [4.69, 9.17) is 0 Å². The summed E-state index contributed by atoms with van der Waals surface area (Å²) in [7, 11) is 0. The molecule has 0 aromatic carbocycles. The Morgan fingerprint density at radius 3 is 2.50 bits per heavy atom. The van der Waals surface area contributed by atoms with Crippen LogP contribution >= 0.6 is 0 Å². The molecule has 78 valence electrons. The molecule has 0 aliphatic heterocycles. The number of carbonyl (C=O) groups excluding carboxylic acids is 1. The lowest BCUT2D eigenvalue weighted by Gasteiger charge is -2.29. The minimum atomic E-state index is -0.203. The van der Waals surface area contributed by atoms with Crippen molar-refractivity contribution in [1.29, 1.82) is 0 Å². The first-order valence-corrected chi connectivity index (χ1v) is 5.57. The third-order valence-corrected chi connectivity index (χ3v) is 3.17. The molecular formula is C13H20O. The maximum absolute atomic E-state index is 11.2. The second-order valence-corrected chi connectivity index (χ2v) is 4.11. The molecule has 0 radical (unpaired) electrons. The number of hydrogen-bond donors (Lipinski definition) is 0. The lowest BCUT2D eigenvalue weighted by molar-refractivity contribution is -0.114. The summed E-state index contributed by atoms with van der Waals surface area (Å²) in [5, 5.41) is 0. The molecule has 1 aliphatic rings. The van der Waals surface area contributed by atoms with Crippen LogP contribution in [0.15, 0.2) is 23.3 Å². The van der Waals surface area contributed by atoms with Crippen molar-refractivity contribution < 1.29 is 4.79 Å². The molecule has 0 bridgehead atoms. The largest absolute Gasteiger partial charge is 0.302 e. The Morgan fingerprint density at radius 2 is 2.07 bits per heavy atom. The summed E-state index contributed by atoms with van der Waals surface area (Å²) in [4.78, 5) is 11.2. The fraction of sp³-hybridized carbons (Fsp3) is 0.615. The highest BCUT2D eigenvalue weighted by Gasteiger charge is 2.28. The van der Waals surface area contributed by atoms with Gasteiger partial charge in [0.15, 0.2) is 0 Å². The Bertz CT molecular complexity index is 273. The summed E-state index contributed by atoms with van der Waals surface area (Å²) < 4.78 is 0. The average molecular weight is 192 g/mol. The fourth-order valence-electron chi connectivity index (χ4n) is 2.02. The van der Waals surface area contributed by atoms with Crippen molar-refractivity contribution >= 4 is 6.29 Å². The second kappa shape index (κ2) is 4.59. The van der Waals surface area contributed by atoms with E-state index in [9.17, 15) is 4.79 Å². The van der Waals surface area contributed by atoms with E-state index < -0.39 is 0 Å². The maximum Gasteiger partial charge on any atom is 0.130 e. The van der Waals surface area contributed by atoms with Gasteiger partial charge in [0.1, 0.15) is 6.29 Å². The van der Waals surface area contributed by atoms with Crippen LogP contribution in [0, 0.1) is 5.41 Å². The average Bonchev–Trinajstić information content (AvgIpc) is 2.28. The summed E-state index contributed by atoms with van der Waals surface area (Å²) in [6, 6.07) is 0. The summed E-state index contributed by atoms with van der Waals surface area (Å²) >= 11 is 0. The van der Waals surface area contributed by atoms with E-state index in [0.29, 0.717) is 0 Å². The van der Waals surface area contributed by atoms with Crippen molar-refractivity contribution in [2.24, 2.45) is 5.41 Å². The van der Waals surface area contributed by atoms with Gasteiger partial charge in [-0.3, -0.25) is 0 Å². The van der Waals surface area contributed by atoms with Crippen LogP contribution in [0.25, 0.3) is 0 Å². The molecule has 0 N–H and O–H groups in total. The lowest BCUT2D eigenvalue weighted by Crippen LogP contribution is -2.22. The monoisotopic (exact) mass is 192 g/mol. The first-order chi connectivity index (χ1) is 6.69. The molecule has 1 nitrogen and oxygen atoms in total. The van der Waals surface area contributed by atoms with E-state index in [1.165, 1.54) is 11.1 Å². The van der Waals surface area contributed by atoms with E-state index in [1.54, 1.807) is 0 Å². The van der Waals surface area contributed by atoms with Gasteiger partial charge in [-0.2, -0.15) is 0 Å². The predicted octanol–water partition coefficient (Wildman–Crippen LogP) is 3.66. The summed E-state index contributed by atoms with van der Waals surface area (Å²) in [5.74, 6) is 0. The van der Waals surface area contributed by atoms with Crippen LogP contribution in [0.1, 0.15) is 46.5 Å². The Balaban J connectivity index is 3.00. The SMILES string of the molecule is CCC1=CC(C=O)(CC)CC(CC)=C1. The minimum Gasteiger partial charge on any atom is -0.302 e. The Kier molecular flexibility index (Phi) is 3.68. The Hall–Kier alpha value is -0.850. The van der Waals surface area contributed by atoms with Crippen molar-refractivity contribution in [3.05, 3.63) is 23.3 Å². The highest BCUT2D eigenvalue weighted by atomic mass is 16.1. The van der Waals surface area contributed by atoms with Gasteiger partial charge in [0.2, 0.25) is 0 Å². The van der Waals surface area contributed by atoms with Crippen LogP contribution in [-0.4, -0.2) is 6.29 Å². The van der Waals surface area contributed by atoms with Crippen LogP contribution in [0.3, 0.4) is 0 Å². The molecule has 1 aliphatic carbocycles. The lowest BCUT2D eigenvalue weighted by atomic mass is 9.74. The van der Waals surface area contributed by atoms with Gasteiger partial charge in [0.05, 0.1) is 0 Å². The minimum absolute atomic E-state index is 0.203. The van der Waals surface area contributed by atoms with Gasteiger partial charge in [0.25, 0.3) is 0 Å². The molecule has 0 saturated heterocycles. The smallest absolute Gasteiger partial charge is 0.130 e. The first-order valence-electron chi connectivity index (χ1n) is 5.57. The summed E-state index contributed by atoms with van der Waals surface area (Å²) in [6.07, 6.45) is 9.48. The molecule has 0 saturated carbocycles. The molecule has 1 unspecified atom stereocenters. The molecule has 0 spiro atoms. The van der Waals surface area contributed by atoms with Crippen molar-refractivity contribution in [2.45, 2.75) is 46.5 Å². The molecule has 1 heteroatoms. The van der Waals surface area contributed by atoms with Gasteiger partial charge in [-0.15, -0.1) is 0 Å². The van der Waals surface area contributed by atoms with Gasteiger partial charge in [-0.05, 0) is 25.7 Å². The standard InChI is InChI=1S/C13H20O/c1-4-11-7-12(5-2)9-13(6-3,8-11)10-14/h7-8,10H,4-6,9H2,1-3H3. The normalized spacial score (nSPS) is 26.8. The van der Waals surface area contributed by atoms with Gasteiger partial charge in [0, 0.05) is 5.41 Å². The van der Waals surface area contributed by atoms with Crippen molar-refractivity contribution in [3.63, 3.8) is 0 Å². The van der Waals surface area contributed by atoms with E-state index in [-0.39, 0.29) is 5.41 Å². The van der Waals surface area contributed by atoms with Crippen LogP contribution in [0.4, 0.5) is 0 Å². The number of allylic oxidation sites excluding steroid dienone is 4. The van der Waals surface area contributed by atoms with Crippen LogP contribution < -0.4 is 0 Å². The molecular weight excluding hydrogens is 172 g/mol. The Labute approximate surface area is 86.9 Å². The van der Waals surface area contributed by atoms with Crippen LogP contribution in [-0.2, 0) is 4.79 Å². The molecule has 1 rings (SSSR count). The summed E-state index contributed by atoms with van der Waals surface area (Å²) in [5.41, 5.74) is 2.53. The number of hydrogen-bond acceptors (Lipinski definition) is 1. The zero-order valence-corrected chi connectivity index (χ0v) is 9.47. The van der Waals surface area contributed by atoms with Crippen molar-refractivity contribution in [2.75, 3.05) is 0 Å². The number of aldehydes is 1. The number of rotatable bonds is 4. The highest BCUT2D eigenvalue weighted by Crippen LogP contribution is 2.37. The zero-order chi connectivity index (χ0) is 10.6. The van der Waals surface area contributed by atoms with Gasteiger partial charge in [-0.1, -0.05) is 44.1 Å². The second-order valence-electron chi connectivity index (χ2n) is 4.11. The van der Waals surface area contributed by atoms with Gasteiger partial charge in [-0.25, -0.2) is 0 Å². The fourth-order valence-corrected chi connectivity index (χ4v) is 2.02. The Morgan fingerprint density at radius 1 is 1.36 bits per heavy atom. The van der Waals surface area contributed by atoms with Crippen LogP contribution in [0.2, 0.25) is 0 Å². The first kappa shape index (κ1) is 11.2. The maximum atomic E-state index is 11.2.